The van der Waals surface area contributed by atoms with E-state index in [9.17, 15) is 9.18 Å². The minimum atomic E-state index is -0.265. The maximum Gasteiger partial charge on any atom is 0.249 e. The van der Waals surface area contributed by atoms with Crippen molar-refractivity contribution in [2.75, 3.05) is 13.2 Å². The van der Waals surface area contributed by atoms with E-state index < -0.39 is 0 Å². The predicted octanol–water partition coefficient (Wildman–Crippen LogP) is 2.52. The lowest BCUT2D eigenvalue weighted by Gasteiger charge is -2.41. The average Bonchev–Trinajstić information content (AvgIpc) is 2.29. The zero-order chi connectivity index (χ0) is 13.3. The van der Waals surface area contributed by atoms with Crippen molar-refractivity contribution >= 4 is 5.91 Å². The van der Waals surface area contributed by atoms with Gasteiger partial charge in [0.25, 0.3) is 0 Å². The summed E-state index contributed by atoms with van der Waals surface area (Å²) in [4.78, 5) is 13.6. The van der Waals surface area contributed by atoms with Gasteiger partial charge in [-0.05, 0) is 38.5 Å². The van der Waals surface area contributed by atoms with E-state index in [1.165, 1.54) is 12.1 Å². The molecule has 1 aromatic carbocycles. The average molecular weight is 251 g/mol. The Morgan fingerprint density at radius 2 is 1.89 bits per heavy atom. The van der Waals surface area contributed by atoms with Gasteiger partial charge in [0.1, 0.15) is 18.5 Å². The Hall–Kier alpha value is -1.42. The summed E-state index contributed by atoms with van der Waals surface area (Å²) in [5.41, 5.74) is 0.678. The Kier molecular flexibility index (Phi) is 3.39. The first-order valence-electron chi connectivity index (χ1n) is 6.05. The molecule has 0 aromatic heterocycles. The largest absolute Gasteiger partial charge is 0.362 e. The number of halogens is 1. The quantitative estimate of drug-likeness (QED) is 0.767. The molecule has 3 nitrogen and oxygen atoms in total. The van der Waals surface area contributed by atoms with Crippen molar-refractivity contribution in [1.82, 2.24) is 4.90 Å². The van der Waals surface area contributed by atoms with Gasteiger partial charge >= 0.3 is 0 Å². The highest BCUT2D eigenvalue weighted by molar-refractivity contribution is 5.79. The zero-order valence-corrected chi connectivity index (χ0v) is 10.9. The SMILES string of the molecule is CC(C)(C)N1C[C@@H](c2ccc(F)cc2)OCC1=O. The van der Waals surface area contributed by atoms with Gasteiger partial charge in [0.05, 0.1) is 6.54 Å². The van der Waals surface area contributed by atoms with Gasteiger partial charge in [-0.25, -0.2) is 4.39 Å². The van der Waals surface area contributed by atoms with Crippen LogP contribution >= 0.6 is 0 Å². The Labute approximate surface area is 107 Å². The fraction of sp³-hybridized carbons (Fsp3) is 0.500. The van der Waals surface area contributed by atoms with E-state index >= 15 is 0 Å². The van der Waals surface area contributed by atoms with Crippen molar-refractivity contribution in [2.45, 2.75) is 32.4 Å². The number of carbonyl (C=O) groups excluding carboxylic acids is 1. The fourth-order valence-corrected chi connectivity index (χ4v) is 2.10. The molecule has 2 rings (SSSR count). The second kappa shape index (κ2) is 4.69. The molecule has 98 valence electrons. The minimum absolute atomic E-state index is 0.000798. The number of benzene rings is 1. The van der Waals surface area contributed by atoms with Crippen LogP contribution in [0.25, 0.3) is 0 Å². The van der Waals surface area contributed by atoms with E-state index in [1.54, 1.807) is 12.1 Å². The van der Waals surface area contributed by atoms with Crippen molar-refractivity contribution in [1.29, 1.82) is 0 Å². The van der Waals surface area contributed by atoms with Gasteiger partial charge in [-0.2, -0.15) is 0 Å². The van der Waals surface area contributed by atoms with Crippen LogP contribution in [0.1, 0.15) is 32.4 Å². The van der Waals surface area contributed by atoms with Crippen LogP contribution in [0, 0.1) is 5.82 Å². The molecule has 1 aliphatic rings. The second-order valence-electron chi connectivity index (χ2n) is 5.53. The second-order valence-corrected chi connectivity index (χ2v) is 5.53. The zero-order valence-electron chi connectivity index (χ0n) is 10.9. The molecular formula is C14H18FNO2. The molecule has 0 unspecified atom stereocenters. The number of morpholine rings is 1. The van der Waals surface area contributed by atoms with Crippen molar-refractivity contribution in [3.63, 3.8) is 0 Å². The number of rotatable bonds is 1. The van der Waals surface area contributed by atoms with Crippen molar-refractivity contribution in [3.8, 4) is 0 Å². The molecule has 0 spiro atoms. The summed E-state index contributed by atoms with van der Waals surface area (Å²) >= 11 is 0. The molecular weight excluding hydrogens is 233 g/mol. The van der Waals surface area contributed by atoms with Crippen LogP contribution in [0.5, 0.6) is 0 Å². The maximum atomic E-state index is 12.9. The van der Waals surface area contributed by atoms with Gasteiger partial charge in [-0.3, -0.25) is 4.79 Å². The van der Waals surface area contributed by atoms with Crippen molar-refractivity contribution in [3.05, 3.63) is 35.6 Å². The summed E-state index contributed by atoms with van der Waals surface area (Å²) in [6.07, 6.45) is -0.178. The summed E-state index contributed by atoms with van der Waals surface area (Å²) in [5.74, 6) is -0.265. The third-order valence-electron chi connectivity index (χ3n) is 3.11. The van der Waals surface area contributed by atoms with Crippen LogP contribution in [0.3, 0.4) is 0 Å². The summed E-state index contributed by atoms with van der Waals surface area (Å²) in [6, 6.07) is 6.24. The molecule has 1 aromatic rings. The van der Waals surface area contributed by atoms with E-state index in [0.29, 0.717) is 6.54 Å². The van der Waals surface area contributed by atoms with Gasteiger partial charge < -0.3 is 9.64 Å². The van der Waals surface area contributed by atoms with Crippen LogP contribution in [0.4, 0.5) is 4.39 Å². The van der Waals surface area contributed by atoms with E-state index in [2.05, 4.69) is 0 Å². The Morgan fingerprint density at radius 3 is 2.44 bits per heavy atom. The Morgan fingerprint density at radius 1 is 1.28 bits per heavy atom. The molecule has 1 amide bonds. The number of hydrogen-bond donors (Lipinski definition) is 0. The molecule has 1 atom stereocenters. The van der Waals surface area contributed by atoms with Gasteiger partial charge in [0.15, 0.2) is 0 Å². The molecule has 0 bridgehead atoms. The lowest BCUT2D eigenvalue weighted by molar-refractivity contribution is -0.156. The van der Waals surface area contributed by atoms with Gasteiger partial charge in [-0.1, -0.05) is 12.1 Å². The summed E-state index contributed by atoms with van der Waals surface area (Å²) in [6.45, 7) is 6.58. The third kappa shape index (κ3) is 2.70. The number of nitrogens with zero attached hydrogens (tertiary/aromatic N) is 1. The van der Waals surface area contributed by atoms with E-state index in [-0.39, 0.29) is 30.0 Å². The monoisotopic (exact) mass is 251 g/mol. The van der Waals surface area contributed by atoms with E-state index in [1.807, 2.05) is 25.7 Å². The lowest BCUT2D eigenvalue weighted by Crippen LogP contribution is -2.52. The standard InChI is InChI=1S/C14H18FNO2/c1-14(2,3)16-8-12(18-9-13(16)17)10-4-6-11(15)7-5-10/h4-7,12H,8-9H2,1-3H3/t12-/m0/s1. The van der Waals surface area contributed by atoms with Crippen molar-refractivity contribution < 1.29 is 13.9 Å². The lowest BCUT2D eigenvalue weighted by atomic mass is 10.0. The highest BCUT2D eigenvalue weighted by atomic mass is 19.1. The number of ether oxygens (including phenoxy) is 1. The molecule has 0 saturated carbocycles. The molecule has 1 heterocycles. The molecule has 0 aliphatic carbocycles. The number of hydrogen-bond acceptors (Lipinski definition) is 2. The number of amides is 1. The molecule has 4 heteroatoms. The summed E-state index contributed by atoms with van der Waals surface area (Å²) in [7, 11) is 0. The van der Waals surface area contributed by atoms with Crippen molar-refractivity contribution in [2.24, 2.45) is 0 Å². The molecule has 1 aliphatic heterocycles. The highest BCUT2D eigenvalue weighted by Gasteiger charge is 2.34. The van der Waals surface area contributed by atoms with Gasteiger partial charge in [-0.15, -0.1) is 0 Å². The van der Waals surface area contributed by atoms with Gasteiger partial charge in [0, 0.05) is 5.54 Å². The normalized spacial score (nSPS) is 21.2. The van der Waals surface area contributed by atoms with Crippen LogP contribution in [-0.4, -0.2) is 29.5 Å². The highest BCUT2D eigenvalue weighted by Crippen LogP contribution is 2.27. The topological polar surface area (TPSA) is 29.5 Å². The Bertz CT molecular complexity index is 436. The molecule has 0 N–H and O–H groups in total. The maximum absolute atomic E-state index is 12.9. The predicted molar refractivity (Wildman–Crippen MR) is 66.6 cm³/mol. The fourth-order valence-electron chi connectivity index (χ4n) is 2.10. The van der Waals surface area contributed by atoms with Gasteiger partial charge in [0.2, 0.25) is 5.91 Å². The van der Waals surface area contributed by atoms with Crippen LogP contribution < -0.4 is 0 Å². The van der Waals surface area contributed by atoms with E-state index in [4.69, 9.17) is 4.74 Å². The Balaban J connectivity index is 2.17. The van der Waals surface area contributed by atoms with Crippen LogP contribution in [0.2, 0.25) is 0 Å². The summed E-state index contributed by atoms with van der Waals surface area (Å²) < 4.78 is 18.4. The van der Waals surface area contributed by atoms with Crippen LogP contribution in [-0.2, 0) is 9.53 Å². The smallest absolute Gasteiger partial charge is 0.249 e. The first-order chi connectivity index (χ1) is 8.38. The summed E-state index contributed by atoms with van der Waals surface area (Å²) in [5, 5.41) is 0. The first kappa shape index (κ1) is 13.0. The first-order valence-corrected chi connectivity index (χ1v) is 6.05. The minimum Gasteiger partial charge on any atom is -0.362 e. The number of carbonyl (C=O) groups is 1. The molecule has 1 fully saturated rings. The molecule has 0 radical (unpaired) electrons. The van der Waals surface area contributed by atoms with E-state index in [0.717, 1.165) is 5.56 Å². The molecule has 18 heavy (non-hydrogen) atoms. The van der Waals surface area contributed by atoms with Crippen LogP contribution in [0.15, 0.2) is 24.3 Å². The molecule has 1 saturated heterocycles. The third-order valence-corrected chi connectivity index (χ3v) is 3.11.